The van der Waals surface area contributed by atoms with Gasteiger partial charge in [0.15, 0.2) is 0 Å². The minimum atomic E-state index is -3.98. The van der Waals surface area contributed by atoms with Gasteiger partial charge in [-0.15, -0.1) is 0 Å². The lowest BCUT2D eigenvalue weighted by molar-refractivity contribution is -0.384. The molecule has 0 bridgehead atoms. The minimum absolute atomic E-state index is 0.157. The number of nitro groups is 1. The van der Waals surface area contributed by atoms with Crippen molar-refractivity contribution in [3.63, 3.8) is 0 Å². The lowest BCUT2D eigenvalue weighted by Crippen LogP contribution is -2.01. The summed E-state index contributed by atoms with van der Waals surface area (Å²) in [6.07, 6.45) is 1.12. The number of hydrogen-bond donors (Lipinski definition) is 0. The molecule has 0 aliphatic heterocycles. The number of carbonyl (C=O) groups is 1. The summed E-state index contributed by atoms with van der Waals surface area (Å²) in [5.74, 6) is -0.503. The molecule has 124 valence electrons. The summed E-state index contributed by atoms with van der Waals surface area (Å²) in [4.78, 5) is 21.1. The Morgan fingerprint density at radius 1 is 1.12 bits per heavy atom. The minimum Gasteiger partial charge on any atom is -0.465 e. The maximum Gasteiger partial charge on any atom is 0.337 e. The average molecular weight is 348 g/mol. The highest BCUT2D eigenvalue weighted by molar-refractivity contribution is 7.90. The molecule has 0 saturated carbocycles. The van der Waals surface area contributed by atoms with Crippen molar-refractivity contribution >= 4 is 27.9 Å². The molecule has 0 aliphatic carbocycles. The number of rotatable bonds is 5. The number of hydrogen-bond acceptors (Lipinski definition) is 6. The second kappa shape index (κ2) is 7.01. The molecule has 2 aromatic rings. The Hall–Kier alpha value is -3.07. The van der Waals surface area contributed by atoms with Gasteiger partial charge in [-0.2, -0.15) is 12.8 Å². The number of methoxy groups -OCH3 is 1. The molecular weight excluding hydrogens is 336 g/mol. The van der Waals surface area contributed by atoms with E-state index in [-0.39, 0.29) is 10.6 Å². The number of ether oxygens (including phenoxy) is 1. The fourth-order valence-corrected chi connectivity index (χ4v) is 2.62. The smallest absolute Gasteiger partial charge is 0.337 e. The third-order valence-corrected chi connectivity index (χ3v) is 4.27. The normalized spacial score (nSPS) is 11.4. The highest BCUT2D eigenvalue weighted by Gasteiger charge is 2.14. The second-order valence-corrected chi connectivity index (χ2v) is 6.21. The van der Waals surface area contributed by atoms with Crippen LogP contribution in [0.4, 0.5) is 5.69 Å². The summed E-state index contributed by atoms with van der Waals surface area (Å²) in [6, 6.07) is 10.4. The number of nitro benzene ring substituents is 1. The van der Waals surface area contributed by atoms with Gasteiger partial charge >= 0.3 is 5.97 Å². The van der Waals surface area contributed by atoms with Gasteiger partial charge < -0.3 is 4.74 Å². The van der Waals surface area contributed by atoms with E-state index in [0.717, 1.165) is 30.5 Å². The first-order chi connectivity index (χ1) is 11.3. The van der Waals surface area contributed by atoms with E-state index in [1.54, 1.807) is 0 Å². The molecule has 24 heavy (non-hydrogen) atoms. The summed E-state index contributed by atoms with van der Waals surface area (Å²) in [6.45, 7) is 0. The number of sulfonamides is 1. The monoisotopic (exact) mass is 348 g/mol. The van der Waals surface area contributed by atoms with Crippen LogP contribution >= 0.6 is 0 Å². The molecule has 0 aliphatic rings. The predicted octanol–water partition coefficient (Wildman–Crippen LogP) is 2.19. The van der Waals surface area contributed by atoms with Crippen LogP contribution in [0.2, 0.25) is 0 Å². The zero-order valence-corrected chi connectivity index (χ0v) is 13.3. The zero-order chi connectivity index (χ0) is 17.7. The van der Waals surface area contributed by atoms with Gasteiger partial charge in [-0.3, -0.25) is 10.1 Å². The lowest BCUT2D eigenvalue weighted by atomic mass is 10.1. The molecule has 0 unspecified atom stereocenters. The molecule has 0 saturated heterocycles. The van der Waals surface area contributed by atoms with Gasteiger partial charge in [0, 0.05) is 18.3 Å². The SMILES string of the molecule is COC(=O)c1ccc(/C=N/S(=O)(=O)c2ccc([N+](=O)[O-])cc2)cc1. The zero-order valence-electron chi connectivity index (χ0n) is 12.4. The van der Waals surface area contributed by atoms with Crippen LogP contribution in [-0.4, -0.2) is 32.6 Å². The fraction of sp³-hybridized carbons (Fsp3) is 0.0667. The van der Waals surface area contributed by atoms with E-state index in [2.05, 4.69) is 9.13 Å². The molecule has 9 heteroatoms. The number of non-ortho nitro benzene ring substituents is 1. The molecule has 0 atom stereocenters. The van der Waals surface area contributed by atoms with Crippen LogP contribution in [0, 0.1) is 10.1 Å². The van der Waals surface area contributed by atoms with Gasteiger partial charge in [0.05, 0.1) is 22.5 Å². The number of esters is 1. The van der Waals surface area contributed by atoms with Crippen molar-refractivity contribution in [3.8, 4) is 0 Å². The van der Waals surface area contributed by atoms with Crippen LogP contribution in [0.15, 0.2) is 57.8 Å². The van der Waals surface area contributed by atoms with E-state index < -0.39 is 20.9 Å². The van der Waals surface area contributed by atoms with Gasteiger partial charge in [-0.25, -0.2) is 4.79 Å². The fourth-order valence-electron chi connectivity index (χ4n) is 1.75. The van der Waals surface area contributed by atoms with Crippen molar-refractivity contribution in [2.24, 2.45) is 4.40 Å². The van der Waals surface area contributed by atoms with Crippen molar-refractivity contribution in [1.29, 1.82) is 0 Å². The molecule has 8 nitrogen and oxygen atoms in total. The predicted molar refractivity (Wildman–Crippen MR) is 85.7 cm³/mol. The Balaban J connectivity index is 2.20. The summed E-state index contributed by atoms with van der Waals surface area (Å²) in [5, 5.41) is 10.6. The van der Waals surface area contributed by atoms with Crippen molar-refractivity contribution in [2.45, 2.75) is 4.90 Å². The first-order valence-corrected chi connectivity index (χ1v) is 8.00. The van der Waals surface area contributed by atoms with Crippen molar-refractivity contribution < 1.29 is 22.9 Å². The molecule has 2 rings (SSSR count). The average Bonchev–Trinajstić information content (AvgIpc) is 2.60. The molecule has 0 aromatic heterocycles. The third-order valence-electron chi connectivity index (χ3n) is 3.02. The summed E-state index contributed by atoms with van der Waals surface area (Å²) < 4.78 is 32.2. The van der Waals surface area contributed by atoms with E-state index >= 15 is 0 Å². The van der Waals surface area contributed by atoms with Gasteiger partial charge in [-0.1, -0.05) is 12.1 Å². The summed E-state index contributed by atoms with van der Waals surface area (Å²) >= 11 is 0. The van der Waals surface area contributed by atoms with E-state index in [0.29, 0.717) is 11.1 Å². The van der Waals surface area contributed by atoms with Crippen molar-refractivity contribution in [3.05, 3.63) is 69.8 Å². The van der Waals surface area contributed by atoms with E-state index in [1.165, 1.54) is 31.4 Å². The van der Waals surface area contributed by atoms with Crippen molar-refractivity contribution in [1.82, 2.24) is 0 Å². The molecule has 0 fully saturated rings. The van der Waals surface area contributed by atoms with Gasteiger partial charge in [0.1, 0.15) is 0 Å². The largest absolute Gasteiger partial charge is 0.465 e. The Bertz CT molecular complexity index is 887. The Morgan fingerprint density at radius 3 is 2.21 bits per heavy atom. The maximum atomic E-state index is 12.1. The van der Waals surface area contributed by atoms with Gasteiger partial charge in [0.2, 0.25) is 0 Å². The van der Waals surface area contributed by atoms with Gasteiger partial charge in [-0.05, 0) is 29.8 Å². The lowest BCUT2D eigenvalue weighted by Gasteiger charge is -2.00. The Labute approximate surface area is 137 Å². The van der Waals surface area contributed by atoms with Crippen LogP contribution in [0.1, 0.15) is 15.9 Å². The Kier molecular flexibility index (Phi) is 5.05. The summed E-state index contributed by atoms with van der Waals surface area (Å²) in [5.41, 5.74) is 0.581. The molecule has 0 amide bonds. The van der Waals surface area contributed by atoms with Gasteiger partial charge in [0.25, 0.3) is 15.7 Å². The highest BCUT2D eigenvalue weighted by Crippen LogP contribution is 2.17. The summed E-state index contributed by atoms with van der Waals surface area (Å²) in [7, 11) is -2.72. The first-order valence-electron chi connectivity index (χ1n) is 6.56. The maximum absolute atomic E-state index is 12.1. The number of benzene rings is 2. The Morgan fingerprint density at radius 2 is 1.71 bits per heavy atom. The molecule has 0 spiro atoms. The van der Waals surface area contributed by atoms with E-state index in [1.807, 2.05) is 0 Å². The second-order valence-electron chi connectivity index (χ2n) is 4.57. The molecule has 0 radical (unpaired) electrons. The van der Waals surface area contributed by atoms with Crippen LogP contribution in [-0.2, 0) is 14.8 Å². The van der Waals surface area contributed by atoms with Crippen molar-refractivity contribution in [2.75, 3.05) is 7.11 Å². The van der Waals surface area contributed by atoms with Crippen LogP contribution in [0.3, 0.4) is 0 Å². The van der Waals surface area contributed by atoms with E-state index in [9.17, 15) is 23.3 Å². The number of nitrogens with zero attached hydrogens (tertiary/aromatic N) is 2. The molecule has 0 heterocycles. The number of carbonyl (C=O) groups excluding carboxylic acids is 1. The first kappa shape index (κ1) is 17.3. The van der Waals surface area contributed by atoms with Crippen LogP contribution in [0.25, 0.3) is 0 Å². The topological polar surface area (TPSA) is 116 Å². The van der Waals surface area contributed by atoms with Crippen LogP contribution in [0.5, 0.6) is 0 Å². The standard InChI is InChI=1S/C15H12N2O6S/c1-23-15(18)12-4-2-11(3-5-12)10-16-24(21,22)14-8-6-13(7-9-14)17(19)20/h2-10H,1H3/b16-10+. The molecule has 2 aromatic carbocycles. The quantitative estimate of drug-likeness (QED) is 0.354. The van der Waals surface area contributed by atoms with E-state index in [4.69, 9.17) is 0 Å². The van der Waals surface area contributed by atoms with Crippen LogP contribution < -0.4 is 0 Å². The third kappa shape index (κ3) is 4.02. The highest BCUT2D eigenvalue weighted by atomic mass is 32.2. The molecule has 0 N–H and O–H groups in total. The molecular formula is C15H12N2O6S.